The van der Waals surface area contributed by atoms with Gasteiger partial charge in [0.1, 0.15) is 0 Å². The number of anilines is 3. The minimum absolute atomic E-state index is 0.646. The Morgan fingerprint density at radius 3 is 1.52 bits per heavy atom. The molecule has 0 atom stereocenters. The number of allylic oxidation sites excluding steroid dienone is 9. The van der Waals surface area contributed by atoms with Gasteiger partial charge in [0.25, 0.3) is 0 Å². The Labute approximate surface area is 468 Å². The quantitative estimate of drug-likeness (QED) is 0.0775. The zero-order valence-electron chi connectivity index (χ0n) is 45.9. The minimum Gasteiger partial charge on any atom is -0.310 e. The van der Waals surface area contributed by atoms with Crippen molar-refractivity contribution in [3.63, 3.8) is 0 Å². The maximum absolute atomic E-state index is 4.35. The van der Waals surface area contributed by atoms with Crippen molar-refractivity contribution < 1.29 is 0 Å². The highest BCUT2D eigenvalue weighted by Gasteiger charge is 2.48. The van der Waals surface area contributed by atoms with Gasteiger partial charge in [-0.25, -0.2) is 0 Å². The topological polar surface area (TPSA) is 3.24 Å². The van der Waals surface area contributed by atoms with E-state index >= 15 is 0 Å². The van der Waals surface area contributed by atoms with Gasteiger partial charge in [-0.1, -0.05) is 277 Å². The summed E-state index contributed by atoms with van der Waals surface area (Å²) in [5, 5.41) is 7.51. The van der Waals surface area contributed by atoms with Crippen LogP contribution in [0.3, 0.4) is 0 Å². The van der Waals surface area contributed by atoms with E-state index in [0.29, 0.717) is 0 Å². The molecule has 0 amide bonds. The van der Waals surface area contributed by atoms with Gasteiger partial charge < -0.3 is 4.90 Å². The lowest BCUT2D eigenvalue weighted by atomic mass is 9.67. The van der Waals surface area contributed by atoms with E-state index in [0.717, 1.165) is 47.5 Å². The second-order valence-electron chi connectivity index (χ2n) is 20.0. The molecule has 1 aliphatic rings. The number of nitrogens with zero attached hydrogens (tertiary/aromatic N) is 1. The van der Waals surface area contributed by atoms with Gasteiger partial charge in [0.2, 0.25) is 0 Å². The lowest BCUT2D eigenvalue weighted by Crippen LogP contribution is -2.29. The summed E-state index contributed by atoms with van der Waals surface area (Å²) in [7, 11) is 0. The average molecular weight is 1020 g/mol. The van der Waals surface area contributed by atoms with Crippen LogP contribution in [0.25, 0.3) is 65.7 Å². The van der Waals surface area contributed by atoms with Crippen molar-refractivity contribution >= 4 is 60.5 Å². The molecule has 79 heavy (non-hydrogen) atoms. The molecule has 11 aromatic rings. The molecule has 11 aromatic carbocycles. The Hall–Kier alpha value is -9.30. The molecule has 0 N–H and O–H groups in total. The number of fused-ring (bicyclic) bond motifs is 7. The predicted octanol–water partition coefficient (Wildman–Crippen LogP) is 21.8. The molecule has 0 saturated heterocycles. The van der Waals surface area contributed by atoms with E-state index < -0.39 is 5.41 Å². The third kappa shape index (κ3) is 9.79. The molecule has 1 aliphatic carbocycles. The molecule has 1 nitrogen and oxygen atoms in total. The van der Waals surface area contributed by atoms with E-state index in [1.807, 2.05) is 19.9 Å². The summed E-state index contributed by atoms with van der Waals surface area (Å²) in [4.78, 5) is 2.50. The summed E-state index contributed by atoms with van der Waals surface area (Å²) >= 11 is 0. The first-order valence-electron chi connectivity index (χ1n) is 28.2. The van der Waals surface area contributed by atoms with E-state index in [2.05, 4.69) is 304 Å². The molecule has 0 aromatic heterocycles. The first-order chi connectivity index (χ1) is 39.1. The molecule has 0 bridgehead atoms. The van der Waals surface area contributed by atoms with Crippen molar-refractivity contribution in [2.24, 2.45) is 0 Å². The first-order valence-corrected chi connectivity index (χ1v) is 28.2. The summed E-state index contributed by atoms with van der Waals surface area (Å²) < 4.78 is 0. The molecule has 12 rings (SSSR count). The SMILES string of the molecule is C=C/C=C1\C(=C/CC)C(c2ccccc2)(c2ccccc2)c2cc(N(c3ccc(C(/C=C\Cc4ccccc4)=C/CC)cc3)c3ccc(-c4ccccc4)cc3)c(-c3ccc4c5ccccc5c5ccccc5c4c3)cc21.CC. The van der Waals surface area contributed by atoms with E-state index in [9.17, 15) is 0 Å². The monoisotopic (exact) mass is 1020 g/mol. The van der Waals surface area contributed by atoms with Gasteiger partial charge in [-0.15, -0.1) is 0 Å². The van der Waals surface area contributed by atoms with Gasteiger partial charge in [-0.2, -0.15) is 0 Å². The van der Waals surface area contributed by atoms with Crippen LogP contribution < -0.4 is 4.90 Å². The van der Waals surface area contributed by atoms with Crippen molar-refractivity contribution in [3.8, 4) is 22.3 Å². The third-order valence-electron chi connectivity index (χ3n) is 15.5. The number of hydrogen-bond acceptors (Lipinski definition) is 1. The largest absolute Gasteiger partial charge is 0.310 e. The van der Waals surface area contributed by atoms with Gasteiger partial charge >= 0.3 is 0 Å². The zero-order valence-corrected chi connectivity index (χ0v) is 45.9. The van der Waals surface area contributed by atoms with Crippen molar-refractivity contribution in [2.45, 2.75) is 52.4 Å². The predicted molar refractivity (Wildman–Crippen MR) is 343 cm³/mol. The molecule has 0 heterocycles. The highest BCUT2D eigenvalue weighted by molar-refractivity contribution is 6.26. The lowest BCUT2D eigenvalue weighted by Gasteiger charge is -2.36. The second kappa shape index (κ2) is 23.5. The molecule has 0 spiro atoms. The van der Waals surface area contributed by atoms with Crippen LogP contribution in [0.4, 0.5) is 17.1 Å². The fourth-order valence-electron chi connectivity index (χ4n) is 12.1. The van der Waals surface area contributed by atoms with E-state index in [1.165, 1.54) is 93.5 Å². The van der Waals surface area contributed by atoms with E-state index in [-0.39, 0.29) is 0 Å². The van der Waals surface area contributed by atoms with Crippen LogP contribution in [0, 0.1) is 0 Å². The summed E-state index contributed by atoms with van der Waals surface area (Å²) in [5.74, 6) is 0. The Morgan fingerprint density at radius 1 is 0.468 bits per heavy atom. The molecule has 0 unspecified atom stereocenters. The summed E-state index contributed by atoms with van der Waals surface area (Å²) in [6.07, 6.45) is 16.3. The third-order valence-corrected chi connectivity index (χ3v) is 15.5. The van der Waals surface area contributed by atoms with Crippen LogP contribution in [0.5, 0.6) is 0 Å². The lowest BCUT2D eigenvalue weighted by molar-refractivity contribution is 0.764. The smallest absolute Gasteiger partial charge is 0.0711 e. The van der Waals surface area contributed by atoms with E-state index in [1.54, 1.807) is 0 Å². The van der Waals surface area contributed by atoms with Crippen LogP contribution in [0.15, 0.2) is 297 Å². The van der Waals surface area contributed by atoms with Gasteiger partial charge in [-0.05, 0) is 161 Å². The molecule has 0 saturated carbocycles. The van der Waals surface area contributed by atoms with Crippen molar-refractivity contribution in [1.29, 1.82) is 0 Å². The van der Waals surface area contributed by atoms with Crippen LogP contribution in [0.1, 0.15) is 73.9 Å². The molecule has 0 aliphatic heterocycles. The average Bonchev–Trinajstić information content (AvgIpc) is 3.98. The minimum atomic E-state index is -0.646. The molecular weight excluding hydrogens is 951 g/mol. The Morgan fingerprint density at radius 2 is 0.962 bits per heavy atom. The highest BCUT2D eigenvalue weighted by Crippen LogP contribution is 2.60. The molecule has 0 fully saturated rings. The fraction of sp³-hybridized carbons (Fsp3) is 0.103. The first kappa shape index (κ1) is 51.8. The van der Waals surface area contributed by atoms with Gasteiger partial charge in [0.05, 0.1) is 11.1 Å². The van der Waals surface area contributed by atoms with Gasteiger partial charge in [0, 0.05) is 16.9 Å². The van der Waals surface area contributed by atoms with Crippen LogP contribution >= 0.6 is 0 Å². The summed E-state index contributed by atoms with van der Waals surface area (Å²) in [6, 6.07) is 92.1. The van der Waals surface area contributed by atoms with Crippen LogP contribution in [0.2, 0.25) is 0 Å². The fourth-order valence-corrected chi connectivity index (χ4v) is 12.1. The van der Waals surface area contributed by atoms with Crippen molar-refractivity contribution in [1.82, 2.24) is 0 Å². The number of hydrogen-bond donors (Lipinski definition) is 0. The standard InChI is InChI=1S/C76H61N.C2H6/c1-4-24-55(32-23-29-54-27-11-7-12-28-54)57-41-46-62(47-42-57)77(63-48-43-58(44-49-63)56-30-13-8-14-31-56)75-53-74-72(69(25-5-2)73(26-6-3)76(74,60-33-15-9-16-34-60)61-35-17-10-18-36-61)52-70(75)59-45-50-68-66-39-20-19-37-64(66)65-38-21-22-40-67(65)71(68)51-59;1-2/h5,7-28,30-53H,2,4,6,29H2,1,3H3;1-2H3/b32-23-,55-24+,69-25-,73-26+;. The van der Waals surface area contributed by atoms with E-state index in [4.69, 9.17) is 0 Å². The number of benzene rings is 11. The van der Waals surface area contributed by atoms with Crippen molar-refractivity contribution in [3.05, 3.63) is 331 Å². The zero-order chi connectivity index (χ0) is 54.1. The molecule has 384 valence electrons. The molecule has 0 radical (unpaired) electrons. The second-order valence-corrected chi connectivity index (χ2v) is 20.0. The molecule has 1 heteroatoms. The summed E-state index contributed by atoms with van der Waals surface area (Å²) in [5.41, 5.74) is 18.3. The maximum atomic E-state index is 4.35. The van der Waals surface area contributed by atoms with Gasteiger partial charge in [-0.3, -0.25) is 0 Å². The highest BCUT2D eigenvalue weighted by atomic mass is 15.1. The van der Waals surface area contributed by atoms with Crippen LogP contribution in [-0.2, 0) is 11.8 Å². The maximum Gasteiger partial charge on any atom is 0.0711 e. The number of rotatable bonds is 14. The normalized spacial score (nSPS) is 13.9. The summed E-state index contributed by atoms with van der Waals surface area (Å²) in [6.45, 7) is 12.8. The molecular formula is C78H67N. The Balaban J connectivity index is 0.00000326. The van der Waals surface area contributed by atoms with Gasteiger partial charge in [0.15, 0.2) is 0 Å². The Kier molecular flexibility index (Phi) is 15.4. The van der Waals surface area contributed by atoms with Crippen LogP contribution in [-0.4, -0.2) is 0 Å². The van der Waals surface area contributed by atoms with Crippen molar-refractivity contribution in [2.75, 3.05) is 4.90 Å². The Bertz CT molecular complexity index is 3970.